The summed E-state index contributed by atoms with van der Waals surface area (Å²) in [6.07, 6.45) is 15.6. The summed E-state index contributed by atoms with van der Waals surface area (Å²) in [6, 6.07) is 25.3. The van der Waals surface area contributed by atoms with Crippen LogP contribution in [-0.2, 0) is 78.0 Å². The molecule has 0 unspecified atom stereocenters. The number of likely N-dealkylation sites (N-methyl/N-ethyl adjacent to an activating group) is 1. The third-order valence-corrected chi connectivity index (χ3v) is 18.1. The number of pyridine rings is 2. The summed E-state index contributed by atoms with van der Waals surface area (Å²) in [7, 11) is 7.48. The number of alkyl halides is 1. The number of benzene rings is 4. The van der Waals surface area contributed by atoms with Crippen molar-refractivity contribution in [3.63, 3.8) is 0 Å². The van der Waals surface area contributed by atoms with Gasteiger partial charge >= 0.3 is 11.9 Å². The van der Waals surface area contributed by atoms with Gasteiger partial charge < -0.3 is 54.0 Å². The Morgan fingerprint density at radius 1 is 0.585 bits per heavy atom. The van der Waals surface area contributed by atoms with E-state index in [2.05, 4.69) is 61.9 Å². The molecule has 3 aliphatic heterocycles. The smallest absolute Gasteiger partial charge is 0.308 e. The standard InChI is InChI=1S/C41H52FN3O5.C39H46ClFN2O5.C4H8O.C2H7N/c1-25(2)38-33(20-19-30-22-31(49-41(6,7)48-30)23-36(47)50-40(3,4)5)37(27-13-16-28(42)17-14-27)32-12-10-11-26-15-18-29(21-34(26)39(32)44-38)43-35(46)24-45(8)9;1-23(2)36-31(18-17-28-20-29(47-39(6,7)46-28)21-34(45)48-38(3,4)5)35(25-11-14-26(41)15-12-25)30-10-8-9-24-13-16-27(42-33(44)22-40)19-32(24)37(30)43-36;1-2-4-5-3-1;1-3-2/h13-21,25,30-31H,10-12,22-24H2,1-9H3,(H,43,46);11-19,23,28-29H,8-10,20-22H2,1-7H3,(H,42,44);1-4H2;3H,1-2H3/b20-19+;18-17+;;/t30-,31-;28-,29-;;/m11../s1. The molecule has 5 aliphatic rings. The van der Waals surface area contributed by atoms with Crippen LogP contribution in [0.4, 0.5) is 20.2 Å². The van der Waals surface area contributed by atoms with E-state index in [1.165, 1.54) is 42.7 Å². The molecule has 0 saturated carbocycles. The lowest BCUT2D eigenvalue weighted by Gasteiger charge is -2.40. The Morgan fingerprint density at radius 2 is 0.972 bits per heavy atom. The van der Waals surface area contributed by atoms with E-state index in [-0.39, 0.29) is 96.9 Å². The number of hydrogen-bond acceptors (Lipinski definition) is 15. The molecule has 3 fully saturated rings. The molecule has 2 aliphatic carbocycles. The van der Waals surface area contributed by atoms with E-state index < -0.39 is 22.8 Å². The van der Waals surface area contributed by atoms with Crippen LogP contribution in [-0.4, -0.2) is 140 Å². The zero-order valence-electron chi connectivity index (χ0n) is 65.6. The van der Waals surface area contributed by atoms with Crippen LogP contribution >= 0.6 is 11.6 Å². The van der Waals surface area contributed by atoms with Gasteiger partial charge in [-0.15, -0.1) is 11.6 Å². The fraction of sp³-hybridized carbons (Fsp3) is 0.512. The summed E-state index contributed by atoms with van der Waals surface area (Å²) >= 11 is 5.79. The van der Waals surface area contributed by atoms with Gasteiger partial charge in [-0.2, -0.15) is 0 Å². The Morgan fingerprint density at radius 3 is 1.31 bits per heavy atom. The molecule has 5 heterocycles. The minimum atomic E-state index is -0.910. The maximum absolute atomic E-state index is 14.3. The maximum Gasteiger partial charge on any atom is 0.308 e. The lowest BCUT2D eigenvalue weighted by molar-refractivity contribution is -0.291. The Hall–Kier alpha value is -7.59. The lowest BCUT2D eigenvalue weighted by atomic mass is 9.86. The topological polar surface area (TPSA) is 198 Å². The fourth-order valence-corrected chi connectivity index (χ4v) is 14.0. The van der Waals surface area contributed by atoms with Gasteiger partial charge in [0.1, 0.15) is 28.7 Å². The molecule has 20 heteroatoms. The average Bonchev–Trinajstić information content (AvgIpc) is 1.28. The minimum Gasteiger partial charge on any atom is -0.460 e. The number of carbonyl (C=O) groups is 4. The van der Waals surface area contributed by atoms with E-state index in [4.69, 9.17) is 54.7 Å². The number of halogens is 3. The normalized spacial score (nSPS) is 18.8. The van der Waals surface area contributed by atoms with Crippen molar-refractivity contribution in [1.29, 1.82) is 0 Å². The quantitative estimate of drug-likeness (QED) is 0.0575. The molecule has 106 heavy (non-hydrogen) atoms. The van der Waals surface area contributed by atoms with Crippen LogP contribution in [0.1, 0.15) is 205 Å². The number of hydrogen-bond donors (Lipinski definition) is 3. The van der Waals surface area contributed by atoms with E-state index in [9.17, 15) is 28.0 Å². The van der Waals surface area contributed by atoms with Crippen LogP contribution in [0.25, 0.3) is 56.9 Å². The summed E-state index contributed by atoms with van der Waals surface area (Å²) in [6.45, 7) is 29.3. The molecule has 0 bridgehead atoms. The molecular weight excluding hydrogens is 1370 g/mol. The van der Waals surface area contributed by atoms with Crippen molar-refractivity contribution >= 4 is 58.9 Å². The van der Waals surface area contributed by atoms with Gasteiger partial charge in [-0.3, -0.25) is 29.1 Å². The van der Waals surface area contributed by atoms with Crippen molar-refractivity contribution in [2.45, 2.75) is 233 Å². The molecule has 0 radical (unpaired) electrons. The number of amides is 2. The highest BCUT2D eigenvalue weighted by Gasteiger charge is 2.39. The molecule has 574 valence electrons. The van der Waals surface area contributed by atoms with Crippen LogP contribution in [0.3, 0.4) is 0 Å². The van der Waals surface area contributed by atoms with Crippen LogP contribution in [0, 0.1) is 11.6 Å². The van der Waals surface area contributed by atoms with Crippen molar-refractivity contribution < 1.29 is 61.1 Å². The number of anilines is 2. The van der Waals surface area contributed by atoms with Crippen molar-refractivity contribution in [3.05, 3.63) is 153 Å². The molecular formula is C86H113ClF2N6O11. The van der Waals surface area contributed by atoms with Crippen LogP contribution in [0.2, 0.25) is 0 Å². The Labute approximate surface area is 632 Å². The second-order valence-electron chi connectivity index (χ2n) is 31.6. The first-order valence-corrected chi connectivity index (χ1v) is 37.9. The summed E-state index contributed by atoms with van der Waals surface area (Å²) in [5, 5.41) is 8.68. The third kappa shape index (κ3) is 24.5. The monoisotopic (exact) mass is 1480 g/mol. The Kier molecular flexibility index (Phi) is 29.7. The number of aromatic nitrogens is 2. The first kappa shape index (κ1) is 84.0. The van der Waals surface area contributed by atoms with Gasteiger partial charge in [0, 0.05) is 59.7 Å². The minimum absolute atomic E-state index is 0.0481. The van der Waals surface area contributed by atoms with Crippen LogP contribution in [0.15, 0.2) is 97.1 Å². The van der Waals surface area contributed by atoms with E-state index in [1.807, 2.05) is 169 Å². The Bertz CT molecular complexity index is 4050. The summed E-state index contributed by atoms with van der Waals surface area (Å²) < 4.78 is 69.6. The van der Waals surface area contributed by atoms with E-state index in [0.717, 1.165) is 141 Å². The second kappa shape index (κ2) is 37.5. The van der Waals surface area contributed by atoms with Crippen LogP contribution in [0.5, 0.6) is 0 Å². The number of aryl methyl sites for hydroxylation is 2. The van der Waals surface area contributed by atoms with Gasteiger partial charge in [-0.1, -0.05) is 88.4 Å². The van der Waals surface area contributed by atoms with Gasteiger partial charge in [0.15, 0.2) is 11.6 Å². The van der Waals surface area contributed by atoms with Crippen molar-refractivity contribution in [2.75, 3.05) is 64.5 Å². The van der Waals surface area contributed by atoms with Crippen LogP contribution < -0.4 is 16.0 Å². The molecule has 3 N–H and O–H groups in total. The molecule has 6 aromatic rings. The molecule has 3 saturated heterocycles. The molecule has 4 aromatic carbocycles. The summed E-state index contributed by atoms with van der Waals surface area (Å²) in [5.41, 5.74) is 16.0. The van der Waals surface area contributed by atoms with E-state index in [0.29, 0.717) is 18.5 Å². The number of nitrogens with one attached hydrogen (secondary N) is 3. The number of carbonyl (C=O) groups excluding carboxylic acids is 4. The van der Waals surface area contributed by atoms with Gasteiger partial charge in [-0.25, -0.2) is 8.78 Å². The zero-order chi connectivity index (χ0) is 77.4. The summed E-state index contributed by atoms with van der Waals surface area (Å²) in [4.78, 5) is 62.8. The van der Waals surface area contributed by atoms with Gasteiger partial charge in [0.2, 0.25) is 11.8 Å². The number of rotatable bonds is 17. The van der Waals surface area contributed by atoms with E-state index in [1.54, 1.807) is 0 Å². The SMILES string of the molecule is C1CCOC1.CC(C)c1nc2c(c(-c3ccc(F)cc3)c1/C=C/[C@@H]1C[C@H](CC(=O)OC(C)(C)C)OC(C)(C)O1)CCCc1ccc(NC(=O)CCl)cc1-2.CC(C)c1nc2c(c(-c3ccc(F)cc3)c1/C=C/[C@@H]1C[C@H](CC(=O)OC(C)(C)C)OC(C)(C)O1)CCCc1ccc(NC(=O)CN(C)C)cc1-2.CNC. The fourth-order valence-electron chi connectivity index (χ4n) is 14.0. The predicted molar refractivity (Wildman–Crippen MR) is 420 cm³/mol. The number of esters is 2. The molecule has 4 atom stereocenters. The van der Waals surface area contributed by atoms with E-state index >= 15 is 0 Å². The molecule has 0 spiro atoms. The first-order chi connectivity index (χ1) is 50.0. The number of fused-ring (bicyclic) bond motifs is 6. The third-order valence-electron chi connectivity index (χ3n) is 17.9. The molecule has 2 amide bonds. The first-order valence-electron chi connectivity index (χ1n) is 37.4. The number of ether oxygens (including phenoxy) is 7. The van der Waals surface area contributed by atoms with Crippen molar-refractivity contribution in [2.24, 2.45) is 0 Å². The maximum atomic E-state index is 14.3. The van der Waals surface area contributed by atoms with Crippen molar-refractivity contribution in [3.8, 4) is 44.8 Å². The highest BCUT2D eigenvalue weighted by Crippen LogP contribution is 2.46. The molecule has 2 aromatic heterocycles. The predicted octanol–water partition coefficient (Wildman–Crippen LogP) is 18.0. The zero-order valence-corrected chi connectivity index (χ0v) is 66.4. The summed E-state index contributed by atoms with van der Waals surface area (Å²) in [5.74, 6) is -3.43. The van der Waals surface area contributed by atoms with Gasteiger partial charge in [0.25, 0.3) is 0 Å². The van der Waals surface area contributed by atoms with Gasteiger partial charge in [-0.05, 0) is 254 Å². The highest BCUT2D eigenvalue weighted by atomic mass is 35.5. The Balaban J connectivity index is 0.000000242. The lowest BCUT2D eigenvalue weighted by Crippen LogP contribution is -2.45. The number of nitrogens with zero attached hydrogens (tertiary/aromatic N) is 3. The average molecular weight is 1480 g/mol. The highest BCUT2D eigenvalue weighted by molar-refractivity contribution is 6.29. The second-order valence-corrected chi connectivity index (χ2v) is 31.9. The van der Waals surface area contributed by atoms with Crippen molar-refractivity contribution in [1.82, 2.24) is 20.2 Å². The van der Waals surface area contributed by atoms with Gasteiger partial charge in [0.05, 0.1) is 66.6 Å². The largest absolute Gasteiger partial charge is 0.460 e. The molecule has 11 rings (SSSR count). The molecule has 17 nitrogen and oxygen atoms in total.